The van der Waals surface area contributed by atoms with Gasteiger partial charge in [0.15, 0.2) is 0 Å². The molecule has 0 rings (SSSR count). The Balaban J connectivity index is 4.64. The molecule has 0 radical (unpaired) electrons. The Morgan fingerprint density at radius 2 is 1.71 bits per heavy atom. The van der Waals surface area contributed by atoms with Crippen molar-refractivity contribution in [2.75, 3.05) is 13.2 Å². The van der Waals surface area contributed by atoms with Gasteiger partial charge in [-0.15, -0.1) is 0 Å². The van der Waals surface area contributed by atoms with E-state index >= 15 is 0 Å². The van der Waals surface area contributed by atoms with Crippen LogP contribution in [0.25, 0.3) is 0 Å². The average molecular weight is 287 g/mol. The first-order chi connectivity index (χ1) is 6.51. The molecule has 0 saturated heterocycles. The number of hydrogen-bond acceptors (Lipinski definition) is 4. The van der Waals surface area contributed by atoms with Crippen molar-refractivity contribution in [1.82, 2.24) is 0 Å². The van der Waals surface area contributed by atoms with E-state index in [-0.39, 0.29) is 13.2 Å². The highest BCUT2D eigenvalue weighted by molar-refractivity contribution is 9.10. The highest BCUT2D eigenvalue weighted by atomic mass is 79.9. The van der Waals surface area contributed by atoms with E-state index in [2.05, 4.69) is 15.9 Å². The molecule has 0 saturated carbocycles. The molecule has 1 unspecified atom stereocenters. The van der Waals surface area contributed by atoms with Gasteiger partial charge in [-0.25, -0.2) is 0 Å². The maximum atomic E-state index is 11.9. The Morgan fingerprint density at radius 3 is 2.00 bits per heavy atom. The van der Waals surface area contributed by atoms with Gasteiger partial charge in [-0.05, 0) is 20.3 Å². The summed E-state index contributed by atoms with van der Waals surface area (Å²) in [6, 6.07) is 0. The van der Waals surface area contributed by atoms with Gasteiger partial charge in [-0.3, -0.25) is 9.36 Å². The lowest BCUT2D eigenvalue weighted by molar-refractivity contribution is -0.113. The summed E-state index contributed by atoms with van der Waals surface area (Å²) in [5.41, 5.74) is -0.497. The van der Waals surface area contributed by atoms with E-state index in [1.807, 2.05) is 6.92 Å². The maximum absolute atomic E-state index is 11.9. The van der Waals surface area contributed by atoms with Gasteiger partial charge >= 0.3 is 7.60 Å². The Kier molecular flexibility index (Phi) is 6.87. The summed E-state index contributed by atoms with van der Waals surface area (Å²) >= 11 is 3.14. The molecule has 6 heteroatoms. The quantitative estimate of drug-likeness (QED) is 0.533. The van der Waals surface area contributed by atoms with Crippen molar-refractivity contribution in [2.24, 2.45) is 0 Å². The van der Waals surface area contributed by atoms with Crippen LogP contribution in [-0.2, 0) is 18.4 Å². The Labute approximate surface area is 93.0 Å². The average Bonchev–Trinajstić information content (AvgIpc) is 2.16. The van der Waals surface area contributed by atoms with Crippen LogP contribution in [0.1, 0.15) is 27.2 Å². The predicted octanol–water partition coefficient (Wildman–Crippen LogP) is 2.95. The maximum Gasteiger partial charge on any atom is 0.397 e. The molecule has 84 valence electrons. The monoisotopic (exact) mass is 286 g/mol. The minimum absolute atomic E-state index is 0.201. The third-order valence-electron chi connectivity index (χ3n) is 1.49. The summed E-state index contributed by atoms with van der Waals surface area (Å²) in [6.45, 7) is 5.57. The largest absolute Gasteiger partial charge is 0.397 e. The lowest BCUT2D eigenvalue weighted by atomic mass is 10.4. The lowest BCUT2D eigenvalue weighted by Gasteiger charge is -2.17. The van der Waals surface area contributed by atoms with Crippen molar-refractivity contribution in [1.29, 1.82) is 0 Å². The third kappa shape index (κ3) is 3.81. The fourth-order valence-corrected chi connectivity index (χ4v) is 3.14. The van der Waals surface area contributed by atoms with Crippen LogP contribution in [0.15, 0.2) is 0 Å². The number of halogens is 1. The van der Waals surface area contributed by atoms with E-state index in [1.165, 1.54) is 0 Å². The second kappa shape index (κ2) is 6.72. The molecular weight excluding hydrogens is 271 g/mol. The molecule has 0 aromatic carbocycles. The molecule has 0 aliphatic carbocycles. The smallest absolute Gasteiger partial charge is 0.303 e. The first-order valence-corrected chi connectivity index (χ1v) is 7.05. The number of rotatable bonds is 7. The fourth-order valence-electron chi connectivity index (χ4n) is 0.851. The number of carbonyl (C=O) groups excluding carboxylic acids is 1. The van der Waals surface area contributed by atoms with Crippen LogP contribution in [0.2, 0.25) is 0 Å². The first kappa shape index (κ1) is 14.3. The second-order valence-electron chi connectivity index (χ2n) is 2.55. The SMILES string of the molecule is CCOP(=O)(OCC)C(=O)C(Br)CC. The Morgan fingerprint density at radius 1 is 1.29 bits per heavy atom. The van der Waals surface area contributed by atoms with E-state index in [4.69, 9.17) is 9.05 Å². The molecule has 1 atom stereocenters. The zero-order chi connectivity index (χ0) is 11.2. The topological polar surface area (TPSA) is 52.6 Å². The van der Waals surface area contributed by atoms with Crippen molar-refractivity contribution in [3.63, 3.8) is 0 Å². The van der Waals surface area contributed by atoms with Crippen molar-refractivity contribution in [2.45, 2.75) is 32.0 Å². The van der Waals surface area contributed by atoms with Crippen LogP contribution in [-0.4, -0.2) is 23.6 Å². The standard InChI is InChI=1S/C8H16BrO4P/c1-4-7(9)8(10)14(11,12-5-2)13-6-3/h7H,4-6H2,1-3H3. The molecule has 0 spiro atoms. The van der Waals surface area contributed by atoms with Gasteiger partial charge in [-0.2, -0.15) is 0 Å². The van der Waals surface area contributed by atoms with Crippen molar-refractivity contribution >= 4 is 29.1 Å². The Bertz CT molecular complexity index is 221. The van der Waals surface area contributed by atoms with E-state index in [1.54, 1.807) is 13.8 Å². The van der Waals surface area contributed by atoms with Gasteiger partial charge in [-0.1, -0.05) is 22.9 Å². The molecule has 0 amide bonds. The molecule has 4 nitrogen and oxygen atoms in total. The zero-order valence-electron chi connectivity index (χ0n) is 8.66. The van der Waals surface area contributed by atoms with E-state index in [0.717, 1.165) is 0 Å². The van der Waals surface area contributed by atoms with Crippen LogP contribution in [0.4, 0.5) is 0 Å². The van der Waals surface area contributed by atoms with Gasteiger partial charge in [0.05, 0.1) is 18.0 Å². The molecule has 14 heavy (non-hydrogen) atoms. The molecule has 0 aromatic heterocycles. The molecule has 0 aliphatic rings. The summed E-state index contributed by atoms with van der Waals surface area (Å²) in [5.74, 6) is 0. The van der Waals surface area contributed by atoms with E-state index < -0.39 is 17.9 Å². The minimum atomic E-state index is -3.57. The highest BCUT2D eigenvalue weighted by Gasteiger charge is 2.37. The summed E-state index contributed by atoms with van der Waals surface area (Å²) in [6.07, 6.45) is 0.559. The predicted molar refractivity (Wildman–Crippen MR) is 58.9 cm³/mol. The highest BCUT2D eigenvalue weighted by Crippen LogP contribution is 2.51. The number of carbonyl (C=O) groups is 1. The van der Waals surface area contributed by atoms with Gasteiger partial charge < -0.3 is 9.05 Å². The molecule has 0 fully saturated rings. The van der Waals surface area contributed by atoms with Crippen LogP contribution >= 0.6 is 23.5 Å². The number of alkyl halides is 1. The fraction of sp³-hybridized carbons (Fsp3) is 0.875. The van der Waals surface area contributed by atoms with E-state index in [0.29, 0.717) is 6.42 Å². The summed E-state index contributed by atoms with van der Waals surface area (Å²) < 4.78 is 21.7. The molecule has 0 aliphatic heterocycles. The molecule has 0 N–H and O–H groups in total. The van der Waals surface area contributed by atoms with Gasteiger partial charge in [0.25, 0.3) is 5.52 Å². The third-order valence-corrected chi connectivity index (χ3v) is 4.96. The van der Waals surface area contributed by atoms with Crippen molar-refractivity contribution in [3.05, 3.63) is 0 Å². The normalized spacial score (nSPS) is 14.0. The van der Waals surface area contributed by atoms with Gasteiger partial charge in [0.1, 0.15) is 0 Å². The van der Waals surface area contributed by atoms with Crippen LogP contribution in [0.3, 0.4) is 0 Å². The molecule has 0 bridgehead atoms. The van der Waals surface area contributed by atoms with Crippen LogP contribution < -0.4 is 0 Å². The zero-order valence-corrected chi connectivity index (χ0v) is 11.1. The minimum Gasteiger partial charge on any atom is -0.303 e. The summed E-state index contributed by atoms with van der Waals surface area (Å²) in [5, 5.41) is 0. The Hall–Kier alpha value is 0.300. The molecule has 0 heterocycles. The van der Waals surface area contributed by atoms with Crippen molar-refractivity contribution < 1.29 is 18.4 Å². The lowest BCUT2D eigenvalue weighted by Crippen LogP contribution is -2.16. The first-order valence-electron chi connectivity index (χ1n) is 4.59. The molecular formula is C8H16BrO4P. The second-order valence-corrected chi connectivity index (χ2v) is 5.60. The van der Waals surface area contributed by atoms with E-state index in [9.17, 15) is 9.36 Å². The van der Waals surface area contributed by atoms with Crippen molar-refractivity contribution in [3.8, 4) is 0 Å². The molecule has 0 aromatic rings. The van der Waals surface area contributed by atoms with Gasteiger partial charge in [0.2, 0.25) is 0 Å². The summed E-state index contributed by atoms with van der Waals surface area (Å²) in [7, 11) is -3.57. The van der Waals surface area contributed by atoms with Crippen LogP contribution in [0, 0.1) is 0 Å². The van der Waals surface area contributed by atoms with Gasteiger partial charge in [0, 0.05) is 0 Å². The van der Waals surface area contributed by atoms with Crippen LogP contribution in [0.5, 0.6) is 0 Å². The summed E-state index contributed by atoms with van der Waals surface area (Å²) in [4.78, 5) is 11.1. The number of hydrogen-bond donors (Lipinski definition) is 0.